The van der Waals surface area contributed by atoms with Crippen LogP contribution in [0.5, 0.6) is 11.8 Å². The summed E-state index contributed by atoms with van der Waals surface area (Å²) >= 11 is 3.43. The van der Waals surface area contributed by atoms with Crippen LogP contribution >= 0.6 is 15.9 Å². The number of rotatable bonds is 4. The first-order valence-corrected chi connectivity index (χ1v) is 7.63. The van der Waals surface area contributed by atoms with E-state index in [-0.39, 0.29) is 5.54 Å². The summed E-state index contributed by atoms with van der Waals surface area (Å²) in [7, 11) is 0. The average Bonchev–Trinajstić information content (AvgIpc) is 2.40. The summed E-state index contributed by atoms with van der Waals surface area (Å²) in [5.41, 5.74) is 2.14. The van der Waals surface area contributed by atoms with Crippen LogP contribution in [-0.4, -0.2) is 15.5 Å². The van der Waals surface area contributed by atoms with Crippen molar-refractivity contribution in [2.45, 2.75) is 39.8 Å². The molecule has 1 heterocycles. The number of ether oxygens (including phenoxy) is 1. The molecule has 0 aliphatic carbocycles. The molecule has 0 atom stereocenters. The molecular weight excluding hydrogens is 330 g/mol. The molecule has 0 spiro atoms. The normalized spacial score (nSPS) is 11.5. The highest BCUT2D eigenvalue weighted by Gasteiger charge is 2.09. The Balaban J connectivity index is 2.02. The molecule has 5 heteroatoms. The maximum atomic E-state index is 5.70. The Hall–Kier alpha value is -1.46. The van der Waals surface area contributed by atoms with Gasteiger partial charge in [0.15, 0.2) is 0 Å². The number of aromatic nitrogens is 2. The quantitative estimate of drug-likeness (QED) is 0.897. The van der Waals surface area contributed by atoms with E-state index in [1.807, 2.05) is 25.1 Å². The molecule has 2 aromatic rings. The lowest BCUT2D eigenvalue weighted by Gasteiger charge is -2.20. The topological polar surface area (TPSA) is 47.0 Å². The standard InChI is InChI=1S/C16H20BrN3O/c1-11-7-13(17)5-6-14(11)21-15-18-8-12(9-19-15)10-20-16(2,3)4/h5-9,20H,10H2,1-4H3. The van der Waals surface area contributed by atoms with Crippen molar-refractivity contribution in [3.05, 3.63) is 46.2 Å². The van der Waals surface area contributed by atoms with Crippen molar-refractivity contribution < 1.29 is 4.74 Å². The van der Waals surface area contributed by atoms with Crippen molar-refractivity contribution in [3.8, 4) is 11.8 Å². The minimum absolute atomic E-state index is 0.0731. The van der Waals surface area contributed by atoms with E-state index in [1.54, 1.807) is 12.4 Å². The van der Waals surface area contributed by atoms with Gasteiger partial charge in [0.05, 0.1) is 0 Å². The summed E-state index contributed by atoms with van der Waals surface area (Å²) in [5, 5.41) is 3.40. The van der Waals surface area contributed by atoms with Crippen LogP contribution in [0.4, 0.5) is 0 Å². The number of hydrogen-bond donors (Lipinski definition) is 1. The van der Waals surface area contributed by atoms with Gasteiger partial charge in [-0.2, -0.15) is 0 Å². The van der Waals surface area contributed by atoms with E-state index in [0.717, 1.165) is 27.9 Å². The van der Waals surface area contributed by atoms with Crippen molar-refractivity contribution in [1.82, 2.24) is 15.3 Å². The first kappa shape index (κ1) is 15.9. The number of aryl methyl sites for hydroxylation is 1. The summed E-state index contributed by atoms with van der Waals surface area (Å²) in [5.74, 6) is 0.763. The van der Waals surface area contributed by atoms with E-state index in [9.17, 15) is 0 Å². The van der Waals surface area contributed by atoms with Crippen LogP contribution in [0.25, 0.3) is 0 Å². The predicted molar refractivity (Wildman–Crippen MR) is 87.6 cm³/mol. The molecule has 0 aliphatic rings. The zero-order valence-electron chi connectivity index (χ0n) is 12.8. The van der Waals surface area contributed by atoms with Crippen molar-refractivity contribution in [2.75, 3.05) is 0 Å². The largest absolute Gasteiger partial charge is 0.424 e. The molecule has 21 heavy (non-hydrogen) atoms. The smallest absolute Gasteiger partial charge is 0.321 e. The summed E-state index contributed by atoms with van der Waals surface area (Å²) in [6.45, 7) is 9.10. The maximum Gasteiger partial charge on any atom is 0.321 e. The van der Waals surface area contributed by atoms with Gasteiger partial charge in [-0.15, -0.1) is 0 Å². The van der Waals surface area contributed by atoms with Crippen LogP contribution < -0.4 is 10.1 Å². The van der Waals surface area contributed by atoms with Gasteiger partial charge in [-0.1, -0.05) is 15.9 Å². The molecule has 112 valence electrons. The maximum absolute atomic E-state index is 5.70. The van der Waals surface area contributed by atoms with E-state index >= 15 is 0 Å². The van der Waals surface area contributed by atoms with Crippen LogP contribution in [0.2, 0.25) is 0 Å². The molecule has 1 aromatic carbocycles. The van der Waals surface area contributed by atoms with Crippen molar-refractivity contribution >= 4 is 15.9 Å². The van der Waals surface area contributed by atoms with E-state index < -0.39 is 0 Å². The molecule has 1 aromatic heterocycles. The van der Waals surface area contributed by atoms with Crippen molar-refractivity contribution in [1.29, 1.82) is 0 Å². The molecule has 0 saturated heterocycles. The van der Waals surface area contributed by atoms with Gasteiger partial charge in [0.1, 0.15) is 5.75 Å². The molecule has 0 fully saturated rings. The Kier molecular flexibility index (Phi) is 4.96. The van der Waals surface area contributed by atoms with E-state index in [1.165, 1.54) is 0 Å². The number of benzene rings is 1. The summed E-state index contributed by atoms with van der Waals surface area (Å²) in [6, 6.07) is 6.19. The van der Waals surface area contributed by atoms with Gasteiger partial charge in [-0.3, -0.25) is 0 Å². The van der Waals surface area contributed by atoms with Gasteiger partial charge >= 0.3 is 6.01 Å². The molecule has 2 rings (SSSR count). The molecule has 0 saturated carbocycles. The third kappa shape index (κ3) is 5.10. The number of nitrogens with zero attached hydrogens (tertiary/aromatic N) is 2. The van der Waals surface area contributed by atoms with E-state index in [2.05, 4.69) is 52.0 Å². The second-order valence-electron chi connectivity index (χ2n) is 5.99. The molecule has 4 nitrogen and oxygen atoms in total. The summed E-state index contributed by atoms with van der Waals surface area (Å²) < 4.78 is 6.73. The van der Waals surface area contributed by atoms with Crippen LogP contribution in [0.15, 0.2) is 35.1 Å². The van der Waals surface area contributed by atoms with Gasteiger partial charge < -0.3 is 10.1 Å². The van der Waals surface area contributed by atoms with Gasteiger partial charge in [0.2, 0.25) is 0 Å². The Labute approximate surface area is 134 Å². The lowest BCUT2D eigenvalue weighted by molar-refractivity contribution is 0.419. The summed E-state index contributed by atoms with van der Waals surface area (Å²) in [4.78, 5) is 8.51. The fourth-order valence-electron chi connectivity index (χ4n) is 1.68. The third-order valence-electron chi connectivity index (χ3n) is 2.84. The lowest BCUT2D eigenvalue weighted by Crippen LogP contribution is -2.35. The molecule has 0 radical (unpaired) electrons. The Morgan fingerprint density at radius 1 is 1.19 bits per heavy atom. The molecule has 0 unspecified atom stereocenters. The zero-order valence-corrected chi connectivity index (χ0v) is 14.4. The average molecular weight is 350 g/mol. The highest BCUT2D eigenvalue weighted by Crippen LogP contribution is 2.25. The lowest BCUT2D eigenvalue weighted by atomic mass is 10.1. The van der Waals surface area contributed by atoms with Crippen molar-refractivity contribution in [3.63, 3.8) is 0 Å². The van der Waals surface area contributed by atoms with Crippen LogP contribution in [-0.2, 0) is 6.54 Å². The number of nitrogens with one attached hydrogen (secondary N) is 1. The fourth-order valence-corrected chi connectivity index (χ4v) is 2.16. The number of halogens is 1. The first-order chi connectivity index (χ1) is 9.83. The molecule has 0 aliphatic heterocycles. The minimum Gasteiger partial charge on any atom is -0.424 e. The van der Waals surface area contributed by atoms with Crippen LogP contribution in [0.3, 0.4) is 0 Å². The third-order valence-corrected chi connectivity index (χ3v) is 3.34. The van der Waals surface area contributed by atoms with Crippen LogP contribution in [0, 0.1) is 6.92 Å². The Bertz CT molecular complexity index is 606. The highest BCUT2D eigenvalue weighted by atomic mass is 79.9. The second-order valence-corrected chi connectivity index (χ2v) is 6.90. The van der Waals surface area contributed by atoms with Crippen molar-refractivity contribution in [2.24, 2.45) is 0 Å². The summed E-state index contributed by atoms with van der Waals surface area (Å²) in [6.07, 6.45) is 3.57. The van der Waals surface area contributed by atoms with Gasteiger partial charge in [-0.05, 0) is 51.5 Å². The SMILES string of the molecule is Cc1cc(Br)ccc1Oc1ncc(CNC(C)(C)C)cn1. The van der Waals surface area contributed by atoms with Gasteiger partial charge in [-0.25, -0.2) is 9.97 Å². The number of hydrogen-bond acceptors (Lipinski definition) is 4. The molecule has 0 bridgehead atoms. The molecular formula is C16H20BrN3O. The fraction of sp³-hybridized carbons (Fsp3) is 0.375. The Morgan fingerprint density at radius 2 is 1.86 bits per heavy atom. The minimum atomic E-state index is 0.0731. The zero-order chi connectivity index (χ0) is 15.5. The monoisotopic (exact) mass is 349 g/mol. The van der Waals surface area contributed by atoms with E-state index in [0.29, 0.717) is 6.01 Å². The highest BCUT2D eigenvalue weighted by molar-refractivity contribution is 9.10. The molecule has 0 amide bonds. The van der Waals surface area contributed by atoms with E-state index in [4.69, 9.17) is 4.74 Å². The second kappa shape index (κ2) is 6.54. The van der Waals surface area contributed by atoms with Gasteiger partial charge in [0, 0.05) is 34.5 Å². The molecule has 1 N–H and O–H groups in total. The first-order valence-electron chi connectivity index (χ1n) is 6.83. The predicted octanol–water partition coefficient (Wildman–Crippen LogP) is 4.23. The van der Waals surface area contributed by atoms with Gasteiger partial charge in [0.25, 0.3) is 0 Å². The Morgan fingerprint density at radius 3 is 2.43 bits per heavy atom. The van der Waals surface area contributed by atoms with Crippen LogP contribution in [0.1, 0.15) is 31.9 Å².